The van der Waals surface area contributed by atoms with Gasteiger partial charge in [-0.1, -0.05) is 160 Å². The molecule has 32 heavy (non-hydrogen) atoms. The fourth-order valence-electron chi connectivity index (χ4n) is 2.29. The van der Waals surface area contributed by atoms with E-state index in [9.17, 15) is 0 Å². The molecule has 2 amide bonds. The predicted molar refractivity (Wildman–Crippen MR) is 148 cm³/mol. The molecule has 1 aromatic carbocycles. The average Bonchev–Trinajstić information content (AvgIpc) is 2.75. The van der Waals surface area contributed by atoms with Crippen LogP contribution in [0.25, 0.3) is 0 Å². The molecule has 0 saturated carbocycles. The molecule has 0 radical (unpaired) electrons. The van der Waals surface area contributed by atoms with Crippen molar-refractivity contribution in [3.63, 3.8) is 0 Å². The Morgan fingerprint density at radius 2 is 0.906 bits per heavy atom. The highest BCUT2D eigenvalue weighted by Gasteiger charge is 1.84. The van der Waals surface area contributed by atoms with E-state index in [0.717, 1.165) is 5.56 Å². The van der Waals surface area contributed by atoms with Gasteiger partial charge in [-0.15, -0.1) is 0 Å². The van der Waals surface area contributed by atoms with Gasteiger partial charge in [-0.2, -0.15) is 0 Å². The summed E-state index contributed by atoms with van der Waals surface area (Å²) in [6.45, 7) is 9.16. The third-order valence-corrected chi connectivity index (χ3v) is 3.94. The van der Waals surface area contributed by atoms with Crippen LogP contribution in [-0.2, 0) is 6.61 Å². The Hall–Kier alpha value is -1.18. The van der Waals surface area contributed by atoms with Crippen molar-refractivity contribution < 1.29 is 14.7 Å². The van der Waals surface area contributed by atoms with Gasteiger partial charge in [0.05, 0.1) is 6.61 Å². The number of unbranched alkanes of at least 4 members (excludes halogenated alkanes) is 10. The quantitative estimate of drug-likeness (QED) is 0.161. The molecule has 0 aliphatic rings. The second kappa shape index (κ2) is 37.2. The van der Waals surface area contributed by atoms with Gasteiger partial charge in [0.2, 0.25) is 0 Å². The number of carbonyl (C=O) groups is 2. The highest BCUT2D eigenvalue weighted by Crippen LogP contribution is 2.04. The summed E-state index contributed by atoms with van der Waals surface area (Å²) in [5, 5.41) is 7.26. The van der Waals surface area contributed by atoms with E-state index in [1.807, 2.05) is 30.3 Å². The minimum atomic E-state index is -0.639. The Morgan fingerprint density at radius 3 is 1.06 bits per heavy atom. The number of amides is 2. The molecule has 0 saturated heterocycles. The van der Waals surface area contributed by atoms with E-state index in [1.54, 1.807) is 0 Å². The van der Waals surface area contributed by atoms with Crippen molar-refractivity contribution in [1.82, 2.24) is 0 Å². The zero-order chi connectivity index (χ0) is 25.5. The first-order chi connectivity index (χ1) is 15.2. The van der Waals surface area contributed by atoms with E-state index < -0.39 is 10.5 Å². The highest BCUT2D eigenvalue weighted by atomic mass is 32.1. The van der Waals surface area contributed by atoms with E-state index in [1.165, 1.54) is 77.0 Å². The van der Waals surface area contributed by atoms with Gasteiger partial charge >= 0.3 is 0 Å². The van der Waals surface area contributed by atoms with Gasteiger partial charge < -0.3 is 16.6 Å². The van der Waals surface area contributed by atoms with Crippen LogP contribution in [0, 0.1) is 0 Å². The first kappa shape index (κ1) is 38.1. The van der Waals surface area contributed by atoms with Gasteiger partial charge in [-0.05, 0) is 5.56 Å². The SMILES string of the molecule is CCCCCCCC.CCCCCCCC.NC(=O)S.NC(=O)S.OCc1ccccc1. The number of thiol groups is 2. The maximum absolute atomic E-state index is 9.09. The number of rotatable bonds is 11. The zero-order valence-electron chi connectivity index (χ0n) is 20.9. The van der Waals surface area contributed by atoms with Crippen LogP contribution >= 0.6 is 25.3 Å². The van der Waals surface area contributed by atoms with Gasteiger partial charge in [0.1, 0.15) is 0 Å². The van der Waals surface area contributed by atoms with Crippen LogP contribution in [0.3, 0.4) is 0 Å². The molecule has 1 aromatic rings. The molecule has 5 N–H and O–H groups in total. The maximum atomic E-state index is 9.09. The monoisotopic (exact) mass is 490 g/mol. The Morgan fingerprint density at radius 1 is 0.656 bits per heavy atom. The lowest BCUT2D eigenvalue weighted by molar-refractivity contribution is 0.266. The second-order valence-electron chi connectivity index (χ2n) is 7.15. The van der Waals surface area contributed by atoms with Crippen molar-refractivity contribution in [1.29, 1.82) is 0 Å². The van der Waals surface area contributed by atoms with Gasteiger partial charge in [-0.25, -0.2) is 0 Å². The summed E-state index contributed by atoms with van der Waals surface area (Å²) < 4.78 is 0. The molecular weight excluding hydrogens is 440 g/mol. The van der Waals surface area contributed by atoms with Crippen molar-refractivity contribution in [3.05, 3.63) is 35.9 Å². The molecule has 7 heteroatoms. The molecule has 0 aromatic heterocycles. The standard InChI is InChI=1S/2C8H18.C7H8O.2CH3NOS/c2*1-3-5-7-8-6-4-2;8-6-7-4-2-1-3-5-7;2*2-1(3)4/h2*3-8H2,1-2H3;1-5,8H,6H2;2*(H3,2,3,4). The maximum Gasteiger partial charge on any atom is 0.273 e. The lowest BCUT2D eigenvalue weighted by Crippen LogP contribution is -1.95. The van der Waals surface area contributed by atoms with Crippen molar-refractivity contribution in [2.24, 2.45) is 11.5 Å². The van der Waals surface area contributed by atoms with Crippen LogP contribution in [0.2, 0.25) is 0 Å². The van der Waals surface area contributed by atoms with E-state index in [0.29, 0.717) is 0 Å². The normalized spacial score (nSPS) is 8.72. The Kier molecular flexibility index (Phi) is 44.2. The minimum Gasteiger partial charge on any atom is -0.392 e. The number of hydrogen-bond donors (Lipinski definition) is 5. The molecule has 0 aliphatic carbocycles. The lowest BCUT2D eigenvalue weighted by atomic mass is 10.1. The fraction of sp³-hybridized carbons (Fsp3) is 0.680. The molecule has 190 valence electrons. The topological polar surface area (TPSA) is 106 Å². The Balaban J connectivity index is -0.000000158. The average molecular weight is 491 g/mol. The van der Waals surface area contributed by atoms with Crippen LogP contribution in [0.4, 0.5) is 9.59 Å². The summed E-state index contributed by atoms with van der Waals surface area (Å²) in [4.78, 5) is 18.2. The molecule has 0 bridgehead atoms. The number of benzene rings is 1. The first-order valence-electron chi connectivity index (χ1n) is 11.8. The van der Waals surface area contributed by atoms with Gasteiger partial charge in [-0.3, -0.25) is 9.59 Å². The van der Waals surface area contributed by atoms with Crippen molar-refractivity contribution >= 4 is 35.7 Å². The Labute approximate surface area is 208 Å². The number of hydrogen-bond acceptors (Lipinski definition) is 3. The number of primary amides is 2. The minimum absolute atomic E-state index is 0.140. The second-order valence-corrected chi connectivity index (χ2v) is 8.03. The molecule has 0 aliphatic heterocycles. The molecule has 1 rings (SSSR count). The van der Waals surface area contributed by atoms with E-state index in [4.69, 9.17) is 14.7 Å². The highest BCUT2D eigenvalue weighted by molar-refractivity contribution is 7.96. The van der Waals surface area contributed by atoms with Crippen molar-refractivity contribution in [3.8, 4) is 0 Å². The van der Waals surface area contributed by atoms with Crippen molar-refractivity contribution in [2.75, 3.05) is 0 Å². The van der Waals surface area contributed by atoms with Crippen LogP contribution in [0.5, 0.6) is 0 Å². The van der Waals surface area contributed by atoms with Crippen LogP contribution < -0.4 is 11.5 Å². The molecule has 0 unspecified atom stereocenters. The van der Waals surface area contributed by atoms with E-state index in [-0.39, 0.29) is 6.61 Å². The molecule has 0 atom stereocenters. The van der Waals surface area contributed by atoms with Crippen LogP contribution in [0.15, 0.2) is 30.3 Å². The lowest BCUT2D eigenvalue weighted by Gasteiger charge is -1.93. The summed E-state index contributed by atoms with van der Waals surface area (Å²) in [5.74, 6) is 0. The predicted octanol–water partition coefficient (Wildman–Crippen LogP) is 7.90. The van der Waals surface area contributed by atoms with Crippen molar-refractivity contribution in [2.45, 2.75) is 111 Å². The van der Waals surface area contributed by atoms with Gasteiger partial charge in [0.25, 0.3) is 10.5 Å². The fourth-order valence-corrected chi connectivity index (χ4v) is 2.29. The summed E-state index contributed by atoms with van der Waals surface area (Å²) >= 11 is 6.21. The van der Waals surface area contributed by atoms with Crippen LogP contribution in [0.1, 0.15) is 110 Å². The molecule has 0 fully saturated rings. The largest absolute Gasteiger partial charge is 0.392 e. The third kappa shape index (κ3) is 63.0. The number of carbonyl (C=O) groups excluding carboxylic acids is 2. The summed E-state index contributed by atoms with van der Waals surface area (Å²) in [6, 6.07) is 9.52. The smallest absolute Gasteiger partial charge is 0.273 e. The Bertz CT molecular complexity index is 432. The zero-order valence-corrected chi connectivity index (χ0v) is 22.7. The van der Waals surface area contributed by atoms with Gasteiger partial charge in [0, 0.05) is 0 Å². The van der Waals surface area contributed by atoms with Gasteiger partial charge in [0.15, 0.2) is 0 Å². The molecule has 0 spiro atoms. The number of aliphatic hydroxyl groups is 1. The molecule has 5 nitrogen and oxygen atoms in total. The first-order valence-corrected chi connectivity index (χ1v) is 12.7. The third-order valence-electron chi connectivity index (χ3n) is 3.94. The molecule has 0 heterocycles. The number of nitrogens with two attached hydrogens (primary N) is 2. The molecular formula is C25H50N2O3S2. The van der Waals surface area contributed by atoms with E-state index in [2.05, 4.69) is 64.4 Å². The summed E-state index contributed by atoms with van der Waals surface area (Å²) in [5.41, 5.74) is 9.64. The van der Waals surface area contributed by atoms with E-state index >= 15 is 0 Å². The van der Waals surface area contributed by atoms with Crippen LogP contribution in [-0.4, -0.2) is 15.6 Å². The summed E-state index contributed by atoms with van der Waals surface area (Å²) in [6.07, 6.45) is 17.0. The number of aliphatic hydroxyl groups excluding tert-OH is 1. The summed E-state index contributed by atoms with van der Waals surface area (Å²) in [7, 11) is 0.